The van der Waals surface area contributed by atoms with Crippen LogP contribution in [-0.4, -0.2) is 23.7 Å². The van der Waals surface area contributed by atoms with Gasteiger partial charge in [0.15, 0.2) is 0 Å². The minimum absolute atomic E-state index is 0.259. The molecular weight excluding hydrogens is 196 g/mol. The molecule has 0 saturated heterocycles. The molecule has 16 heavy (non-hydrogen) atoms. The Morgan fingerprint density at radius 3 is 2.06 bits per heavy atom. The fourth-order valence-corrected chi connectivity index (χ4v) is 2.45. The molecule has 2 N–H and O–H groups in total. The highest BCUT2D eigenvalue weighted by Gasteiger charge is 2.27. The van der Waals surface area contributed by atoms with E-state index in [4.69, 9.17) is 0 Å². The molecule has 1 aliphatic carbocycles. The number of nitrogens with one attached hydrogen (secondary N) is 2. The molecule has 96 valence electrons. The Balaban J connectivity index is 2.25. The van der Waals surface area contributed by atoms with Crippen LogP contribution in [0.2, 0.25) is 0 Å². The van der Waals surface area contributed by atoms with E-state index < -0.39 is 0 Å². The van der Waals surface area contributed by atoms with Crippen molar-refractivity contribution in [1.29, 1.82) is 0 Å². The summed E-state index contributed by atoms with van der Waals surface area (Å²) in [6.45, 7) is 14.7. The highest BCUT2D eigenvalue weighted by atomic mass is 15.0. The van der Waals surface area contributed by atoms with Gasteiger partial charge in [0.05, 0.1) is 0 Å². The quantitative estimate of drug-likeness (QED) is 0.773. The maximum absolute atomic E-state index is 3.72. The van der Waals surface area contributed by atoms with Gasteiger partial charge in [-0.2, -0.15) is 0 Å². The van der Waals surface area contributed by atoms with Crippen molar-refractivity contribution < 1.29 is 0 Å². The molecule has 0 aromatic rings. The molecule has 1 saturated carbocycles. The minimum atomic E-state index is 0.259. The van der Waals surface area contributed by atoms with Gasteiger partial charge in [0.1, 0.15) is 0 Å². The van der Waals surface area contributed by atoms with Crippen LogP contribution in [0.25, 0.3) is 0 Å². The van der Waals surface area contributed by atoms with E-state index in [0.717, 1.165) is 12.0 Å². The molecule has 2 heteroatoms. The zero-order valence-electron chi connectivity index (χ0n) is 12.0. The van der Waals surface area contributed by atoms with Crippen molar-refractivity contribution in [2.75, 3.05) is 6.54 Å². The molecule has 0 aromatic heterocycles. The average Bonchev–Trinajstić information content (AvgIpc) is 2.44. The van der Waals surface area contributed by atoms with E-state index in [0.29, 0.717) is 0 Å². The Kier molecular flexibility index (Phi) is 4.42. The van der Waals surface area contributed by atoms with E-state index in [1.54, 1.807) is 0 Å². The second kappa shape index (κ2) is 5.05. The standard InChI is InChI=1S/C14H30N2/c1-13(2,3)15-10-11-7-8-12(9-11)16-14(4,5)6/h11-12,15-16H,7-10H2,1-6H3/t11-,12-/m0/s1. The van der Waals surface area contributed by atoms with Gasteiger partial charge >= 0.3 is 0 Å². The average molecular weight is 226 g/mol. The third kappa shape index (κ3) is 5.86. The van der Waals surface area contributed by atoms with Crippen molar-refractivity contribution in [1.82, 2.24) is 10.6 Å². The molecule has 1 aliphatic rings. The number of hydrogen-bond acceptors (Lipinski definition) is 2. The molecule has 0 unspecified atom stereocenters. The van der Waals surface area contributed by atoms with E-state index in [2.05, 4.69) is 52.2 Å². The Bertz CT molecular complexity index is 210. The topological polar surface area (TPSA) is 24.1 Å². The molecule has 0 aromatic carbocycles. The molecule has 1 fully saturated rings. The fourth-order valence-electron chi connectivity index (χ4n) is 2.45. The summed E-state index contributed by atoms with van der Waals surface area (Å²) in [6, 6.07) is 0.728. The largest absolute Gasteiger partial charge is 0.312 e. The van der Waals surface area contributed by atoms with Crippen LogP contribution in [-0.2, 0) is 0 Å². The normalized spacial score (nSPS) is 27.4. The van der Waals surface area contributed by atoms with Crippen LogP contribution in [0.4, 0.5) is 0 Å². The SMILES string of the molecule is CC(C)(C)NC[C@H]1CC[C@H](NC(C)(C)C)C1. The monoisotopic (exact) mass is 226 g/mol. The third-order valence-electron chi connectivity index (χ3n) is 3.10. The highest BCUT2D eigenvalue weighted by molar-refractivity contribution is 4.87. The van der Waals surface area contributed by atoms with E-state index in [1.165, 1.54) is 25.8 Å². The van der Waals surface area contributed by atoms with Gasteiger partial charge < -0.3 is 10.6 Å². The second-order valence-electron chi connectivity index (χ2n) is 7.40. The second-order valence-corrected chi connectivity index (χ2v) is 7.40. The lowest BCUT2D eigenvalue weighted by Crippen LogP contribution is -2.43. The Morgan fingerprint density at radius 2 is 1.56 bits per heavy atom. The molecular formula is C14H30N2. The van der Waals surface area contributed by atoms with Crippen LogP contribution < -0.4 is 10.6 Å². The van der Waals surface area contributed by atoms with E-state index in [9.17, 15) is 0 Å². The predicted octanol–water partition coefficient (Wildman–Crippen LogP) is 2.93. The first-order valence-electron chi connectivity index (χ1n) is 6.68. The lowest BCUT2D eigenvalue weighted by molar-refractivity contribution is 0.339. The Morgan fingerprint density at radius 1 is 0.938 bits per heavy atom. The summed E-state index contributed by atoms with van der Waals surface area (Å²) in [7, 11) is 0. The van der Waals surface area contributed by atoms with E-state index in [-0.39, 0.29) is 11.1 Å². The fraction of sp³-hybridized carbons (Fsp3) is 1.00. The van der Waals surface area contributed by atoms with Gasteiger partial charge in [0.25, 0.3) is 0 Å². The highest BCUT2D eigenvalue weighted by Crippen LogP contribution is 2.26. The predicted molar refractivity (Wildman–Crippen MR) is 71.8 cm³/mol. The summed E-state index contributed by atoms with van der Waals surface area (Å²) < 4.78 is 0. The lowest BCUT2D eigenvalue weighted by atomic mass is 10.0. The Labute approximate surface area is 102 Å². The number of hydrogen-bond donors (Lipinski definition) is 2. The molecule has 2 nitrogen and oxygen atoms in total. The van der Waals surface area contributed by atoms with Crippen molar-refractivity contribution in [3.05, 3.63) is 0 Å². The molecule has 0 spiro atoms. The van der Waals surface area contributed by atoms with Crippen molar-refractivity contribution in [3.63, 3.8) is 0 Å². The van der Waals surface area contributed by atoms with Gasteiger partial charge in [-0.1, -0.05) is 0 Å². The summed E-state index contributed by atoms with van der Waals surface area (Å²) in [5.41, 5.74) is 0.520. The summed E-state index contributed by atoms with van der Waals surface area (Å²) in [4.78, 5) is 0. The third-order valence-corrected chi connectivity index (χ3v) is 3.10. The van der Waals surface area contributed by atoms with E-state index >= 15 is 0 Å². The Hall–Kier alpha value is -0.0800. The maximum atomic E-state index is 3.72. The van der Waals surface area contributed by atoms with Crippen LogP contribution >= 0.6 is 0 Å². The molecule has 0 amide bonds. The first-order chi connectivity index (χ1) is 7.16. The van der Waals surface area contributed by atoms with Crippen LogP contribution in [0.1, 0.15) is 60.8 Å². The van der Waals surface area contributed by atoms with Gasteiger partial charge in [0, 0.05) is 17.1 Å². The van der Waals surface area contributed by atoms with E-state index in [1.807, 2.05) is 0 Å². The lowest BCUT2D eigenvalue weighted by Gasteiger charge is -2.26. The van der Waals surface area contributed by atoms with Crippen LogP contribution in [0.5, 0.6) is 0 Å². The van der Waals surface area contributed by atoms with Crippen LogP contribution in [0.15, 0.2) is 0 Å². The van der Waals surface area contributed by atoms with Crippen LogP contribution in [0, 0.1) is 5.92 Å². The number of rotatable bonds is 3. The van der Waals surface area contributed by atoms with Crippen molar-refractivity contribution >= 4 is 0 Å². The maximum Gasteiger partial charge on any atom is 0.00991 e. The van der Waals surface area contributed by atoms with Gasteiger partial charge in [-0.15, -0.1) is 0 Å². The van der Waals surface area contributed by atoms with Crippen molar-refractivity contribution in [3.8, 4) is 0 Å². The zero-order chi connectivity index (χ0) is 12.4. The van der Waals surface area contributed by atoms with Gasteiger partial charge in [0.2, 0.25) is 0 Å². The summed E-state index contributed by atoms with van der Waals surface area (Å²) in [5.74, 6) is 0.860. The molecule has 2 atom stereocenters. The summed E-state index contributed by atoms with van der Waals surface area (Å²) in [5, 5.41) is 7.34. The van der Waals surface area contributed by atoms with Crippen molar-refractivity contribution in [2.24, 2.45) is 5.92 Å². The minimum Gasteiger partial charge on any atom is -0.312 e. The summed E-state index contributed by atoms with van der Waals surface area (Å²) in [6.07, 6.45) is 4.05. The molecule has 0 aliphatic heterocycles. The molecule has 0 heterocycles. The van der Waals surface area contributed by atoms with Gasteiger partial charge in [-0.25, -0.2) is 0 Å². The molecule has 0 bridgehead atoms. The first kappa shape index (κ1) is 14.0. The van der Waals surface area contributed by atoms with Crippen LogP contribution in [0.3, 0.4) is 0 Å². The van der Waals surface area contributed by atoms with Gasteiger partial charge in [-0.3, -0.25) is 0 Å². The first-order valence-corrected chi connectivity index (χ1v) is 6.68. The molecule has 0 radical (unpaired) electrons. The van der Waals surface area contributed by atoms with Gasteiger partial charge in [-0.05, 0) is 73.3 Å². The van der Waals surface area contributed by atoms with Crippen molar-refractivity contribution in [2.45, 2.75) is 77.9 Å². The summed E-state index contributed by atoms with van der Waals surface area (Å²) >= 11 is 0. The molecule has 1 rings (SSSR count). The zero-order valence-corrected chi connectivity index (χ0v) is 12.0. The smallest absolute Gasteiger partial charge is 0.00991 e.